The van der Waals surface area contributed by atoms with Gasteiger partial charge in [0.05, 0.1) is 17.9 Å². The summed E-state index contributed by atoms with van der Waals surface area (Å²) in [6.07, 6.45) is 4.50. The zero-order valence-electron chi connectivity index (χ0n) is 15.0. The Morgan fingerprint density at radius 3 is 2.57 bits per heavy atom. The molecule has 1 aromatic carbocycles. The van der Waals surface area contributed by atoms with Crippen molar-refractivity contribution < 1.29 is 13.6 Å². The zero-order valence-corrected chi connectivity index (χ0v) is 15.0. The van der Waals surface area contributed by atoms with Crippen molar-refractivity contribution in [1.29, 1.82) is 0 Å². The Morgan fingerprint density at radius 2 is 1.89 bits per heavy atom. The first kappa shape index (κ1) is 17.8. The smallest absolute Gasteiger partial charge is 0.276 e. The minimum atomic E-state index is -0.510. The van der Waals surface area contributed by atoms with Crippen molar-refractivity contribution in [2.24, 2.45) is 0 Å². The predicted octanol–water partition coefficient (Wildman–Crippen LogP) is 4.28. The molecule has 0 aliphatic carbocycles. The van der Waals surface area contributed by atoms with Gasteiger partial charge in [-0.25, -0.2) is 18.3 Å². The van der Waals surface area contributed by atoms with Crippen LogP contribution in [0, 0.1) is 5.82 Å². The molecule has 0 spiro atoms. The van der Waals surface area contributed by atoms with Crippen molar-refractivity contribution in [3.63, 3.8) is 0 Å². The number of benzene rings is 1. The first-order chi connectivity index (χ1) is 13.6. The van der Waals surface area contributed by atoms with E-state index in [1.54, 1.807) is 42.2 Å². The quantitative estimate of drug-likeness (QED) is 0.533. The van der Waals surface area contributed by atoms with Gasteiger partial charge in [-0.2, -0.15) is 5.10 Å². The van der Waals surface area contributed by atoms with E-state index in [-0.39, 0.29) is 11.6 Å². The lowest BCUT2D eigenvalue weighted by atomic mass is 10.1. The Morgan fingerprint density at radius 1 is 1.11 bits per heavy atom. The van der Waals surface area contributed by atoms with E-state index in [4.69, 9.17) is 0 Å². The van der Waals surface area contributed by atoms with E-state index in [0.717, 1.165) is 22.8 Å². The first-order valence-corrected chi connectivity index (χ1v) is 8.59. The standard InChI is InChI=1S/C21H16F2N4O/c1-26(21(28)19-7-6-16(23)12-24-19)17-8-9-27-20(10-17)18(13-25-27)15-4-2-14(11-22)3-5-15/h2-10,12-13H,11H2,1H3. The molecule has 0 aliphatic heterocycles. The summed E-state index contributed by atoms with van der Waals surface area (Å²) in [6, 6.07) is 13.3. The van der Waals surface area contributed by atoms with Crippen LogP contribution in [0.5, 0.6) is 0 Å². The number of rotatable bonds is 4. The van der Waals surface area contributed by atoms with Crippen LogP contribution in [0.1, 0.15) is 16.1 Å². The normalized spacial score (nSPS) is 11.0. The number of hydrogen-bond acceptors (Lipinski definition) is 3. The second-order valence-corrected chi connectivity index (χ2v) is 6.33. The van der Waals surface area contributed by atoms with Crippen molar-refractivity contribution in [3.05, 3.63) is 84.2 Å². The number of anilines is 1. The van der Waals surface area contributed by atoms with Gasteiger partial charge < -0.3 is 4.90 Å². The highest BCUT2D eigenvalue weighted by Gasteiger charge is 2.16. The Kier molecular flexibility index (Phi) is 4.57. The SMILES string of the molecule is CN(C(=O)c1ccc(F)cn1)c1ccn2ncc(-c3ccc(CF)cc3)c2c1. The topological polar surface area (TPSA) is 50.5 Å². The molecule has 4 aromatic rings. The van der Waals surface area contributed by atoms with Gasteiger partial charge in [-0.05, 0) is 35.4 Å². The van der Waals surface area contributed by atoms with E-state index in [9.17, 15) is 13.6 Å². The molecule has 0 fully saturated rings. The molecule has 3 heterocycles. The zero-order chi connectivity index (χ0) is 19.7. The van der Waals surface area contributed by atoms with Crippen LogP contribution >= 0.6 is 0 Å². The third-order valence-corrected chi connectivity index (χ3v) is 4.56. The highest BCUT2D eigenvalue weighted by Crippen LogP contribution is 2.28. The van der Waals surface area contributed by atoms with Gasteiger partial charge in [-0.15, -0.1) is 0 Å². The monoisotopic (exact) mass is 378 g/mol. The summed E-state index contributed by atoms with van der Waals surface area (Å²) in [4.78, 5) is 17.9. The van der Waals surface area contributed by atoms with Crippen LogP contribution in [0.2, 0.25) is 0 Å². The van der Waals surface area contributed by atoms with Crippen molar-refractivity contribution >= 4 is 17.1 Å². The van der Waals surface area contributed by atoms with E-state index >= 15 is 0 Å². The van der Waals surface area contributed by atoms with E-state index in [2.05, 4.69) is 10.1 Å². The minimum Gasteiger partial charge on any atom is -0.310 e. The molecule has 0 atom stereocenters. The third kappa shape index (κ3) is 3.22. The number of carbonyl (C=O) groups is 1. The molecule has 0 aliphatic rings. The maximum atomic E-state index is 13.0. The lowest BCUT2D eigenvalue weighted by Gasteiger charge is -2.17. The molecule has 1 amide bonds. The lowest BCUT2D eigenvalue weighted by molar-refractivity contribution is 0.0988. The van der Waals surface area contributed by atoms with Crippen LogP contribution < -0.4 is 4.90 Å². The number of alkyl halides is 1. The first-order valence-electron chi connectivity index (χ1n) is 8.59. The number of carbonyl (C=O) groups excluding carboxylic acids is 1. The van der Waals surface area contributed by atoms with Gasteiger partial charge in [-0.3, -0.25) is 4.79 Å². The Hall–Kier alpha value is -3.61. The van der Waals surface area contributed by atoms with Gasteiger partial charge in [0, 0.05) is 24.5 Å². The van der Waals surface area contributed by atoms with Gasteiger partial charge >= 0.3 is 0 Å². The van der Waals surface area contributed by atoms with Crippen LogP contribution in [0.15, 0.2) is 67.1 Å². The lowest BCUT2D eigenvalue weighted by Crippen LogP contribution is -2.27. The Labute approximate surface area is 159 Å². The number of hydrogen-bond donors (Lipinski definition) is 0. The van der Waals surface area contributed by atoms with E-state index in [0.29, 0.717) is 11.3 Å². The highest BCUT2D eigenvalue weighted by atomic mass is 19.1. The Bertz CT molecular complexity index is 1140. The average Bonchev–Trinajstić information content (AvgIpc) is 3.16. The van der Waals surface area contributed by atoms with Gasteiger partial charge in [-0.1, -0.05) is 24.3 Å². The molecule has 140 valence electrons. The molecule has 28 heavy (non-hydrogen) atoms. The molecular formula is C21H16F2N4O. The van der Waals surface area contributed by atoms with Crippen molar-refractivity contribution in [3.8, 4) is 11.1 Å². The third-order valence-electron chi connectivity index (χ3n) is 4.56. The average molecular weight is 378 g/mol. The van der Waals surface area contributed by atoms with E-state index < -0.39 is 12.5 Å². The minimum absolute atomic E-state index is 0.152. The van der Waals surface area contributed by atoms with Crippen molar-refractivity contribution in [1.82, 2.24) is 14.6 Å². The summed E-state index contributed by atoms with van der Waals surface area (Å²) in [5.41, 5.74) is 3.98. The van der Waals surface area contributed by atoms with Crippen LogP contribution in [-0.2, 0) is 6.67 Å². The summed E-state index contributed by atoms with van der Waals surface area (Å²) in [6.45, 7) is -0.510. The fourth-order valence-electron chi connectivity index (χ4n) is 2.97. The van der Waals surface area contributed by atoms with Gasteiger partial charge in [0.1, 0.15) is 18.2 Å². The number of pyridine rings is 2. The van der Waals surface area contributed by atoms with Crippen LogP contribution in [0.25, 0.3) is 16.6 Å². The number of halogens is 2. The summed E-state index contributed by atoms with van der Waals surface area (Å²) < 4.78 is 27.5. The summed E-state index contributed by atoms with van der Waals surface area (Å²) in [5.74, 6) is -0.846. The number of aromatic nitrogens is 3. The van der Waals surface area contributed by atoms with Crippen molar-refractivity contribution in [2.75, 3.05) is 11.9 Å². The molecule has 3 aromatic heterocycles. The maximum absolute atomic E-state index is 13.0. The van der Waals surface area contributed by atoms with Gasteiger partial charge in [0.2, 0.25) is 0 Å². The maximum Gasteiger partial charge on any atom is 0.276 e. The largest absolute Gasteiger partial charge is 0.310 e. The molecule has 0 unspecified atom stereocenters. The molecule has 0 radical (unpaired) electrons. The molecule has 0 saturated heterocycles. The Balaban J connectivity index is 1.70. The van der Waals surface area contributed by atoms with Crippen LogP contribution in [0.4, 0.5) is 14.5 Å². The second kappa shape index (κ2) is 7.19. The molecule has 7 heteroatoms. The molecule has 5 nitrogen and oxygen atoms in total. The van der Waals surface area contributed by atoms with E-state index in [1.165, 1.54) is 17.0 Å². The summed E-state index contributed by atoms with van der Waals surface area (Å²) in [5, 5.41) is 4.34. The van der Waals surface area contributed by atoms with Crippen molar-refractivity contribution in [2.45, 2.75) is 6.67 Å². The van der Waals surface area contributed by atoms with Crippen LogP contribution in [0.3, 0.4) is 0 Å². The molecule has 0 bridgehead atoms. The summed E-state index contributed by atoms with van der Waals surface area (Å²) >= 11 is 0. The number of fused-ring (bicyclic) bond motifs is 1. The predicted molar refractivity (Wildman–Crippen MR) is 102 cm³/mol. The second-order valence-electron chi connectivity index (χ2n) is 6.33. The van der Waals surface area contributed by atoms with Gasteiger partial charge in [0.25, 0.3) is 5.91 Å². The molecular weight excluding hydrogens is 362 g/mol. The fourth-order valence-corrected chi connectivity index (χ4v) is 2.97. The van der Waals surface area contributed by atoms with Gasteiger partial charge in [0.15, 0.2) is 0 Å². The number of amides is 1. The number of nitrogens with zero attached hydrogens (tertiary/aromatic N) is 4. The van der Waals surface area contributed by atoms with Crippen LogP contribution in [-0.4, -0.2) is 27.6 Å². The molecule has 4 rings (SSSR count). The summed E-state index contributed by atoms with van der Waals surface area (Å²) in [7, 11) is 1.63. The highest BCUT2D eigenvalue weighted by molar-refractivity contribution is 6.04. The molecule has 0 saturated carbocycles. The van der Waals surface area contributed by atoms with E-state index in [1.807, 2.05) is 18.2 Å². The molecule has 0 N–H and O–H groups in total. The fraction of sp³-hybridized carbons (Fsp3) is 0.0952.